The summed E-state index contributed by atoms with van der Waals surface area (Å²) in [5, 5.41) is 3.66. The molecular weight excluding hydrogens is 248 g/mol. The zero-order valence-electron chi connectivity index (χ0n) is 12.3. The van der Waals surface area contributed by atoms with E-state index in [0.29, 0.717) is 6.04 Å². The Bertz CT molecular complexity index is 389. The molecular formula is C17H26N2O. The topological polar surface area (TPSA) is 24.5 Å². The Kier molecular flexibility index (Phi) is 5.06. The third-order valence-corrected chi connectivity index (χ3v) is 4.44. The van der Waals surface area contributed by atoms with Crippen LogP contribution in [-0.2, 0) is 11.2 Å². The van der Waals surface area contributed by atoms with Gasteiger partial charge < -0.3 is 15.0 Å². The van der Waals surface area contributed by atoms with Crippen molar-refractivity contribution >= 4 is 0 Å². The number of hydrogen-bond acceptors (Lipinski definition) is 3. The van der Waals surface area contributed by atoms with Gasteiger partial charge in [-0.3, -0.25) is 0 Å². The second kappa shape index (κ2) is 7.21. The minimum atomic E-state index is 0.593. The summed E-state index contributed by atoms with van der Waals surface area (Å²) in [5.74, 6) is 0.749. The molecule has 1 aromatic carbocycles. The van der Waals surface area contributed by atoms with Crippen LogP contribution in [0.2, 0.25) is 0 Å². The average Bonchev–Trinajstić information content (AvgIpc) is 2.50. The summed E-state index contributed by atoms with van der Waals surface area (Å²) >= 11 is 0. The van der Waals surface area contributed by atoms with Crippen molar-refractivity contribution in [2.45, 2.75) is 25.3 Å². The van der Waals surface area contributed by atoms with Crippen molar-refractivity contribution in [3.63, 3.8) is 0 Å². The fourth-order valence-electron chi connectivity index (χ4n) is 3.41. The number of hydrogen-bond donors (Lipinski definition) is 1. The van der Waals surface area contributed by atoms with Gasteiger partial charge in [-0.05, 0) is 30.7 Å². The Morgan fingerprint density at radius 3 is 2.95 bits per heavy atom. The van der Waals surface area contributed by atoms with Gasteiger partial charge in [-0.15, -0.1) is 0 Å². The van der Waals surface area contributed by atoms with Crippen LogP contribution in [0.1, 0.15) is 18.4 Å². The average molecular weight is 274 g/mol. The zero-order valence-corrected chi connectivity index (χ0v) is 12.3. The van der Waals surface area contributed by atoms with Crippen molar-refractivity contribution in [2.75, 3.05) is 39.4 Å². The fraction of sp³-hybridized carbons (Fsp3) is 0.647. The van der Waals surface area contributed by atoms with Gasteiger partial charge in [-0.2, -0.15) is 0 Å². The van der Waals surface area contributed by atoms with Crippen molar-refractivity contribution < 1.29 is 4.74 Å². The van der Waals surface area contributed by atoms with E-state index in [4.69, 9.17) is 4.74 Å². The molecule has 3 nitrogen and oxygen atoms in total. The molecule has 0 bridgehead atoms. The molecule has 2 aliphatic heterocycles. The van der Waals surface area contributed by atoms with Crippen molar-refractivity contribution in [1.82, 2.24) is 10.2 Å². The van der Waals surface area contributed by atoms with Crippen LogP contribution in [0.4, 0.5) is 0 Å². The molecule has 1 aromatic rings. The Balaban J connectivity index is 1.48. The summed E-state index contributed by atoms with van der Waals surface area (Å²) < 4.78 is 5.60. The Labute approximate surface area is 122 Å². The Morgan fingerprint density at radius 2 is 2.15 bits per heavy atom. The van der Waals surface area contributed by atoms with E-state index in [1.165, 1.54) is 38.0 Å². The third kappa shape index (κ3) is 4.05. The van der Waals surface area contributed by atoms with Crippen molar-refractivity contribution in [3.8, 4) is 0 Å². The minimum Gasteiger partial charge on any atom is -0.381 e. The largest absolute Gasteiger partial charge is 0.381 e. The van der Waals surface area contributed by atoms with Gasteiger partial charge in [0, 0.05) is 38.8 Å². The maximum Gasteiger partial charge on any atom is 0.0506 e. The van der Waals surface area contributed by atoms with Crippen LogP contribution in [-0.4, -0.2) is 50.3 Å². The fourth-order valence-corrected chi connectivity index (χ4v) is 3.41. The van der Waals surface area contributed by atoms with Gasteiger partial charge in [0.1, 0.15) is 0 Å². The lowest BCUT2D eigenvalue weighted by atomic mass is 9.99. The number of ether oxygens (including phenoxy) is 1. The van der Waals surface area contributed by atoms with E-state index < -0.39 is 0 Å². The van der Waals surface area contributed by atoms with Gasteiger partial charge >= 0.3 is 0 Å². The molecule has 1 N–H and O–H groups in total. The lowest BCUT2D eigenvalue weighted by Crippen LogP contribution is -2.53. The molecule has 2 saturated heterocycles. The zero-order chi connectivity index (χ0) is 13.6. The van der Waals surface area contributed by atoms with E-state index >= 15 is 0 Å². The van der Waals surface area contributed by atoms with Crippen molar-refractivity contribution in [3.05, 3.63) is 35.9 Å². The summed E-state index contributed by atoms with van der Waals surface area (Å²) in [6.07, 6.45) is 3.72. The first-order valence-corrected chi connectivity index (χ1v) is 7.97. The highest BCUT2D eigenvalue weighted by atomic mass is 16.5. The summed E-state index contributed by atoms with van der Waals surface area (Å²) in [6, 6.07) is 11.4. The molecule has 0 amide bonds. The van der Waals surface area contributed by atoms with Crippen molar-refractivity contribution in [2.24, 2.45) is 5.92 Å². The van der Waals surface area contributed by atoms with Crippen LogP contribution in [0.15, 0.2) is 30.3 Å². The summed E-state index contributed by atoms with van der Waals surface area (Å²) in [6.45, 7) is 6.62. The maximum atomic E-state index is 5.60. The highest BCUT2D eigenvalue weighted by Gasteiger charge is 2.23. The van der Waals surface area contributed by atoms with Crippen LogP contribution in [0, 0.1) is 5.92 Å². The molecule has 0 radical (unpaired) electrons. The van der Waals surface area contributed by atoms with E-state index in [1.54, 1.807) is 0 Å². The molecule has 110 valence electrons. The van der Waals surface area contributed by atoms with E-state index in [0.717, 1.165) is 32.1 Å². The first-order valence-electron chi connectivity index (χ1n) is 7.97. The second-order valence-corrected chi connectivity index (χ2v) is 6.18. The Hall–Kier alpha value is -0.900. The Morgan fingerprint density at radius 1 is 1.25 bits per heavy atom. The van der Waals surface area contributed by atoms with Crippen LogP contribution >= 0.6 is 0 Å². The van der Waals surface area contributed by atoms with Crippen LogP contribution in [0.5, 0.6) is 0 Å². The molecule has 0 aromatic heterocycles. The number of benzene rings is 1. The van der Waals surface area contributed by atoms with E-state index in [9.17, 15) is 0 Å². The molecule has 3 heteroatoms. The van der Waals surface area contributed by atoms with Crippen LogP contribution in [0.25, 0.3) is 0 Å². The van der Waals surface area contributed by atoms with Gasteiger partial charge in [0.25, 0.3) is 0 Å². The SMILES string of the molecule is c1ccc(CC2CN(CC3CCCOC3)CCN2)cc1. The molecule has 2 unspecified atom stereocenters. The quantitative estimate of drug-likeness (QED) is 0.908. The van der Waals surface area contributed by atoms with Crippen molar-refractivity contribution in [1.29, 1.82) is 0 Å². The molecule has 2 heterocycles. The van der Waals surface area contributed by atoms with Gasteiger partial charge in [0.15, 0.2) is 0 Å². The van der Waals surface area contributed by atoms with Gasteiger partial charge in [-0.25, -0.2) is 0 Å². The monoisotopic (exact) mass is 274 g/mol. The highest BCUT2D eigenvalue weighted by Crippen LogP contribution is 2.16. The third-order valence-electron chi connectivity index (χ3n) is 4.44. The number of rotatable bonds is 4. The predicted molar refractivity (Wildman–Crippen MR) is 81.9 cm³/mol. The van der Waals surface area contributed by atoms with Crippen LogP contribution in [0.3, 0.4) is 0 Å². The second-order valence-electron chi connectivity index (χ2n) is 6.18. The maximum absolute atomic E-state index is 5.60. The summed E-state index contributed by atoms with van der Waals surface area (Å²) in [4.78, 5) is 2.63. The summed E-state index contributed by atoms with van der Waals surface area (Å²) in [5.41, 5.74) is 1.44. The molecule has 2 aliphatic rings. The molecule has 3 rings (SSSR count). The first-order chi connectivity index (χ1) is 9.90. The molecule has 0 spiro atoms. The molecule has 0 saturated carbocycles. The molecule has 20 heavy (non-hydrogen) atoms. The molecule has 0 aliphatic carbocycles. The lowest BCUT2D eigenvalue weighted by Gasteiger charge is -2.36. The first kappa shape index (κ1) is 14.1. The minimum absolute atomic E-state index is 0.593. The molecule has 2 atom stereocenters. The highest BCUT2D eigenvalue weighted by molar-refractivity contribution is 5.16. The standard InChI is InChI=1S/C17H26N2O/c1-2-5-15(6-3-1)11-17-13-19(9-8-18-17)12-16-7-4-10-20-14-16/h1-3,5-6,16-18H,4,7-14H2. The predicted octanol–water partition coefficient (Wildman–Crippen LogP) is 1.93. The smallest absolute Gasteiger partial charge is 0.0506 e. The lowest BCUT2D eigenvalue weighted by molar-refractivity contribution is 0.0338. The number of piperazine rings is 1. The summed E-state index contributed by atoms with van der Waals surface area (Å²) in [7, 11) is 0. The molecule has 2 fully saturated rings. The number of nitrogens with one attached hydrogen (secondary N) is 1. The van der Waals surface area contributed by atoms with Crippen LogP contribution < -0.4 is 5.32 Å². The van der Waals surface area contributed by atoms with Gasteiger partial charge in [-0.1, -0.05) is 30.3 Å². The van der Waals surface area contributed by atoms with E-state index in [1.807, 2.05) is 0 Å². The van der Waals surface area contributed by atoms with E-state index in [-0.39, 0.29) is 0 Å². The number of nitrogens with zero attached hydrogens (tertiary/aromatic N) is 1. The van der Waals surface area contributed by atoms with Gasteiger partial charge in [0.2, 0.25) is 0 Å². The van der Waals surface area contributed by atoms with E-state index in [2.05, 4.69) is 40.5 Å². The van der Waals surface area contributed by atoms with Gasteiger partial charge in [0.05, 0.1) is 6.61 Å². The normalized spacial score (nSPS) is 28.4.